The Morgan fingerprint density at radius 3 is 2.30 bits per heavy atom. The molecule has 2 saturated carbocycles. The average Bonchev–Trinajstić information content (AvgIpc) is 3.10. The first-order chi connectivity index (χ1) is 14.7. The van der Waals surface area contributed by atoms with E-state index >= 15 is 0 Å². The number of benzene rings is 1. The molecule has 2 nitrogen and oxygen atoms in total. The fourth-order valence-corrected chi connectivity index (χ4v) is 6.82. The molecular weight excluding hydrogens is 366 g/mol. The van der Waals surface area contributed by atoms with Crippen molar-refractivity contribution in [2.24, 2.45) is 5.92 Å². The molecule has 0 bridgehead atoms. The summed E-state index contributed by atoms with van der Waals surface area (Å²) in [6, 6.07) is 7.74. The molecule has 1 aromatic carbocycles. The van der Waals surface area contributed by atoms with Crippen LogP contribution in [0.5, 0.6) is 0 Å². The summed E-state index contributed by atoms with van der Waals surface area (Å²) in [7, 11) is 1.89. The normalized spacial score (nSPS) is 26.4. The quantitative estimate of drug-likeness (QED) is 0.500. The van der Waals surface area contributed by atoms with Gasteiger partial charge in [0.1, 0.15) is 0 Å². The highest BCUT2D eigenvalue weighted by molar-refractivity contribution is 5.81. The van der Waals surface area contributed by atoms with Crippen LogP contribution in [0.3, 0.4) is 0 Å². The Kier molecular flexibility index (Phi) is 7.36. The Hall–Kier alpha value is -1.12. The van der Waals surface area contributed by atoms with Gasteiger partial charge in [-0.15, -0.1) is 0 Å². The van der Waals surface area contributed by atoms with E-state index in [9.17, 15) is 0 Å². The SMILES string of the molecule is CCNC(C)CC1(COC)C=C(C2CCCCC2)c2c(C3CCCCC3)cccc21. The highest BCUT2D eigenvalue weighted by atomic mass is 16.5. The van der Waals surface area contributed by atoms with E-state index in [4.69, 9.17) is 4.74 Å². The van der Waals surface area contributed by atoms with Gasteiger partial charge in [-0.3, -0.25) is 0 Å². The smallest absolute Gasteiger partial charge is 0.0595 e. The second-order valence-electron chi connectivity index (χ2n) is 10.3. The molecule has 2 unspecified atom stereocenters. The Morgan fingerprint density at radius 2 is 1.67 bits per heavy atom. The lowest BCUT2D eigenvalue weighted by molar-refractivity contribution is 0.142. The van der Waals surface area contributed by atoms with E-state index in [1.807, 2.05) is 7.11 Å². The zero-order chi connectivity index (χ0) is 21.0. The van der Waals surface area contributed by atoms with Gasteiger partial charge in [-0.05, 0) is 79.7 Å². The topological polar surface area (TPSA) is 21.3 Å². The van der Waals surface area contributed by atoms with Crippen LogP contribution in [-0.2, 0) is 10.2 Å². The van der Waals surface area contributed by atoms with Crippen molar-refractivity contribution in [2.45, 2.75) is 102 Å². The van der Waals surface area contributed by atoms with E-state index in [0.717, 1.165) is 31.4 Å². The lowest BCUT2D eigenvalue weighted by Crippen LogP contribution is -2.37. The summed E-state index contributed by atoms with van der Waals surface area (Å²) in [5.74, 6) is 1.50. The fraction of sp³-hybridized carbons (Fsp3) is 0.714. The second kappa shape index (κ2) is 10.0. The Bertz CT molecular complexity index is 726. The van der Waals surface area contributed by atoms with E-state index in [0.29, 0.717) is 6.04 Å². The van der Waals surface area contributed by atoms with Crippen LogP contribution in [0.1, 0.15) is 107 Å². The summed E-state index contributed by atoms with van der Waals surface area (Å²) >= 11 is 0. The minimum absolute atomic E-state index is 0.0170. The van der Waals surface area contributed by atoms with Crippen LogP contribution in [0.4, 0.5) is 0 Å². The molecule has 4 rings (SSSR count). The number of hydrogen-bond acceptors (Lipinski definition) is 2. The standard InChI is InChI=1S/C28H43NO/c1-4-29-21(2)18-28(20-30-3)19-25(23-14-9-6-10-15-23)27-24(16-11-17-26(27)28)22-12-7-5-8-13-22/h11,16-17,19,21-23,29H,4-10,12-15,18,20H2,1-3H3. The first kappa shape index (κ1) is 22.1. The van der Waals surface area contributed by atoms with Gasteiger partial charge >= 0.3 is 0 Å². The maximum Gasteiger partial charge on any atom is 0.0595 e. The third kappa shape index (κ3) is 4.41. The van der Waals surface area contributed by atoms with Crippen molar-refractivity contribution >= 4 is 5.57 Å². The Balaban J connectivity index is 1.80. The van der Waals surface area contributed by atoms with Crippen LogP contribution >= 0.6 is 0 Å². The summed E-state index contributed by atoms with van der Waals surface area (Å²) in [4.78, 5) is 0. The number of allylic oxidation sites excluding steroid dienone is 1. The lowest BCUT2D eigenvalue weighted by atomic mass is 9.74. The molecule has 1 aromatic rings. The van der Waals surface area contributed by atoms with Gasteiger partial charge in [-0.25, -0.2) is 0 Å². The summed E-state index contributed by atoms with van der Waals surface area (Å²) < 4.78 is 5.91. The van der Waals surface area contributed by atoms with Gasteiger partial charge in [0, 0.05) is 18.6 Å². The molecule has 2 heteroatoms. The lowest BCUT2D eigenvalue weighted by Gasteiger charge is -2.33. The molecule has 0 spiro atoms. The van der Waals surface area contributed by atoms with Crippen molar-refractivity contribution in [2.75, 3.05) is 20.3 Å². The molecule has 2 atom stereocenters. The minimum Gasteiger partial charge on any atom is -0.383 e. The molecule has 0 amide bonds. The summed E-state index contributed by atoms with van der Waals surface area (Å²) in [5, 5.41) is 3.67. The van der Waals surface area contributed by atoms with Crippen LogP contribution < -0.4 is 5.32 Å². The first-order valence-electron chi connectivity index (χ1n) is 12.8. The highest BCUT2D eigenvalue weighted by Gasteiger charge is 2.42. The summed E-state index contributed by atoms with van der Waals surface area (Å²) in [6.45, 7) is 6.38. The zero-order valence-electron chi connectivity index (χ0n) is 19.6. The summed E-state index contributed by atoms with van der Waals surface area (Å²) in [6.07, 6.45) is 17.7. The largest absolute Gasteiger partial charge is 0.383 e. The number of rotatable bonds is 8. The van der Waals surface area contributed by atoms with Crippen molar-refractivity contribution in [3.8, 4) is 0 Å². The van der Waals surface area contributed by atoms with Crippen LogP contribution in [0, 0.1) is 5.92 Å². The van der Waals surface area contributed by atoms with E-state index in [-0.39, 0.29) is 5.41 Å². The number of hydrogen-bond donors (Lipinski definition) is 1. The Labute approximate surface area is 184 Å². The zero-order valence-corrected chi connectivity index (χ0v) is 19.6. The highest BCUT2D eigenvalue weighted by Crippen LogP contribution is 2.52. The molecule has 0 aromatic heterocycles. The maximum absolute atomic E-state index is 5.91. The van der Waals surface area contributed by atoms with Gasteiger partial charge in [0.15, 0.2) is 0 Å². The number of methoxy groups -OCH3 is 1. The molecule has 0 heterocycles. The Morgan fingerprint density at radius 1 is 1.00 bits per heavy atom. The predicted molar refractivity (Wildman–Crippen MR) is 128 cm³/mol. The molecule has 30 heavy (non-hydrogen) atoms. The average molecular weight is 410 g/mol. The number of ether oxygens (including phenoxy) is 1. The van der Waals surface area contributed by atoms with E-state index in [1.54, 1.807) is 22.3 Å². The van der Waals surface area contributed by atoms with Crippen molar-refractivity contribution < 1.29 is 4.74 Å². The van der Waals surface area contributed by atoms with E-state index < -0.39 is 0 Å². The molecule has 0 saturated heterocycles. The van der Waals surface area contributed by atoms with Crippen LogP contribution in [-0.4, -0.2) is 26.3 Å². The van der Waals surface area contributed by atoms with Crippen LogP contribution in [0.2, 0.25) is 0 Å². The van der Waals surface area contributed by atoms with Crippen molar-refractivity contribution in [3.05, 3.63) is 41.0 Å². The van der Waals surface area contributed by atoms with Gasteiger partial charge in [-0.2, -0.15) is 0 Å². The van der Waals surface area contributed by atoms with Gasteiger partial charge < -0.3 is 10.1 Å². The third-order valence-electron chi connectivity index (χ3n) is 8.07. The first-order valence-corrected chi connectivity index (χ1v) is 12.8. The monoisotopic (exact) mass is 409 g/mol. The van der Waals surface area contributed by atoms with Gasteiger partial charge in [0.2, 0.25) is 0 Å². The predicted octanol–water partition coefficient (Wildman–Crippen LogP) is 6.98. The molecule has 2 fully saturated rings. The molecule has 1 N–H and O–H groups in total. The van der Waals surface area contributed by atoms with Crippen molar-refractivity contribution in [3.63, 3.8) is 0 Å². The molecule has 0 aliphatic heterocycles. The van der Waals surface area contributed by atoms with Crippen molar-refractivity contribution in [1.82, 2.24) is 5.32 Å². The second-order valence-corrected chi connectivity index (χ2v) is 10.3. The fourth-order valence-electron chi connectivity index (χ4n) is 6.82. The van der Waals surface area contributed by atoms with Crippen LogP contribution in [0.25, 0.3) is 5.57 Å². The van der Waals surface area contributed by atoms with E-state index in [1.165, 1.54) is 64.2 Å². The molecule has 3 aliphatic carbocycles. The molecule has 0 radical (unpaired) electrons. The van der Waals surface area contributed by atoms with Gasteiger partial charge in [0.05, 0.1) is 6.61 Å². The number of nitrogens with one attached hydrogen (secondary N) is 1. The van der Waals surface area contributed by atoms with E-state index in [2.05, 4.69) is 43.4 Å². The summed E-state index contributed by atoms with van der Waals surface area (Å²) in [5.41, 5.74) is 6.59. The van der Waals surface area contributed by atoms with Gasteiger partial charge in [0.25, 0.3) is 0 Å². The maximum atomic E-state index is 5.91. The van der Waals surface area contributed by atoms with Crippen LogP contribution in [0.15, 0.2) is 24.3 Å². The molecular formula is C28H43NO. The van der Waals surface area contributed by atoms with Crippen molar-refractivity contribution in [1.29, 1.82) is 0 Å². The molecule has 3 aliphatic rings. The van der Waals surface area contributed by atoms with Gasteiger partial charge in [-0.1, -0.05) is 69.7 Å². The minimum atomic E-state index is 0.0170. The molecule has 166 valence electrons. The number of fused-ring (bicyclic) bond motifs is 1. The third-order valence-corrected chi connectivity index (χ3v) is 8.07.